The van der Waals surface area contributed by atoms with E-state index >= 15 is 0 Å². The van der Waals surface area contributed by atoms with E-state index in [0.717, 1.165) is 0 Å². The van der Waals surface area contributed by atoms with Crippen LogP contribution in [0.2, 0.25) is 0 Å². The van der Waals surface area contributed by atoms with Gasteiger partial charge in [-0.1, -0.05) is 30.3 Å². The lowest BCUT2D eigenvalue weighted by atomic mass is 10.2. The Balaban J connectivity index is 2.04. The molecule has 0 saturated carbocycles. The van der Waals surface area contributed by atoms with Crippen molar-refractivity contribution in [3.63, 3.8) is 0 Å². The van der Waals surface area contributed by atoms with E-state index in [0.29, 0.717) is 24.4 Å². The highest BCUT2D eigenvalue weighted by atomic mass is 16.6. The van der Waals surface area contributed by atoms with Crippen molar-refractivity contribution >= 4 is 5.97 Å². The average molecular weight is 331 g/mol. The molecule has 0 unspecified atom stereocenters. The van der Waals surface area contributed by atoms with Gasteiger partial charge in [0.05, 0.1) is 18.8 Å². The van der Waals surface area contributed by atoms with E-state index < -0.39 is 5.97 Å². The van der Waals surface area contributed by atoms with Crippen LogP contribution in [0.25, 0.3) is 0 Å². The van der Waals surface area contributed by atoms with Crippen LogP contribution in [0.15, 0.2) is 40.8 Å². The van der Waals surface area contributed by atoms with E-state index in [1.807, 2.05) is 58.0 Å². The molecule has 2 rings (SSSR count). The van der Waals surface area contributed by atoms with Gasteiger partial charge in [-0.05, 0) is 39.3 Å². The Hall–Kier alpha value is -2.27. The molecule has 0 aliphatic carbocycles. The van der Waals surface area contributed by atoms with Crippen molar-refractivity contribution in [2.45, 2.75) is 53.0 Å². The van der Waals surface area contributed by atoms with Gasteiger partial charge in [0.2, 0.25) is 0 Å². The summed E-state index contributed by atoms with van der Waals surface area (Å²) in [5, 5.41) is 3.29. The summed E-state index contributed by atoms with van der Waals surface area (Å²) in [5.74, 6) is 0.420. The number of benzene rings is 1. The Bertz CT molecular complexity index is 647. The Morgan fingerprint density at radius 1 is 1.08 bits per heavy atom. The van der Waals surface area contributed by atoms with E-state index in [1.165, 1.54) is 5.56 Å². The van der Waals surface area contributed by atoms with Gasteiger partial charge in [-0.3, -0.25) is 0 Å². The third-order valence-corrected chi connectivity index (χ3v) is 3.13. The topological polar surface area (TPSA) is 60.7 Å². The summed E-state index contributed by atoms with van der Waals surface area (Å²) in [4.78, 5) is 12.2. The lowest BCUT2D eigenvalue weighted by Crippen LogP contribution is -2.14. The zero-order valence-corrected chi connectivity index (χ0v) is 14.7. The molecule has 0 bridgehead atoms. The van der Waals surface area contributed by atoms with Crippen LogP contribution in [0.5, 0.6) is 5.95 Å². The van der Waals surface area contributed by atoms with Crippen LogP contribution in [0.1, 0.15) is 49.4 Å². The zero-order valence-electron chi connectivity index (χ0n) is 14.7. The minimum absolute atomic E-state index is 0.0909. The summed E-state index contributed by atoms with van der Waals surface area (Å²) in [6, 6.07) is 11.8. The van der Waals surface area contributed by atoms with Gasteiger partial charge in [0, 0.05) is 6.54 Å². The highest BCUT2D eigenvalue weighted by molar-refractivity contribution is 5.92. The third kappa shape index (κ3) is 5.42. The highest BCUT2D eigenvalue weighted by Crippen LogP contribution is 2.26. The van der Waals surface area contributed by atoms with Crippen LogP contribution in [-0.2, 0) is 17.8 Å². The van der Waals surface area contributed by atoms with Gasteiger partial charge in [0.25, 0.3) is 5.95 Å². The molecular weight excluding hydrogens is 306 g/mol. The first-order chi connectivity index (χ1) is 11.5. The monoisotopic (exact) mass is 331 g/mol. The molecule has 0 aliphatic rings. The summed E-state index contributed by atoms with van der Waals surface area (Å²) in [6.07, 6.45) is -0.286. The number of esters is 1. The van der Waals surface area contributed by atoms with Crippen LogP contribution in [0, 0.1) is 0 Å². The third-order valence-electron chi connectivity index (χ3n) is 3.13. The van der Waals surface area contributed by atoms with Gasteiger partial charge in [0.1, 0.15) is 11.3 Å². The zero-order chi connectivity index (χ0) is 17.5. The van der Waals surface area contributed by atoms with E-state index in [4.69, 9.17) is 13.9 Å². The van der Waals surface area contributed by atoms with Crippen molar-refractivity contribution in [1.82, 2.24) is 5.32 Å². The van der Waals surface area contributed by atoms with Gasteiger partial charge in [0.15, 0.2) is 0 Å². The maximum atomic E-state index is 12.2. The molecule has 0 aliphatic heterocycles. The van der Waals surface area contributed by atoms with Crippen LogP contribution < -0.4 is 10.1 Å². The van der Waals surface area contributed by atoms with E-state index in [2.05, 4.69) is 5.32 Å². The van der Waals surface area contributed by atoms with Gasteiger partial charge >= 0.3 is 5.97 Å². The molecule has 0 saturated heterocycles. The fourth-order valence-electron chi connectivity index (χ4n) is 2.16. The number of hydrogen-bond donors (Lipinski definition) is 1. The maximum Gasteiger partial charge on any atom is 0.345 e. The number of hydrogen-bond acceptors (Lipinski definition) is 5. The van der Waals surface area contributed by atoms with E-state index in [-0.39, 0.29) is 18.2 Å². The minimum Gasteiger partial charge on any atom is -0.462 e. The van der Waals surface area contributed by atoms with E-state index in [1.54, 1.807) is 6.07 Å². The van der Waals surface area contributed by atoms with Crippen LogP contribution >= 0.6 is 0 Å². The predicted octanol–water partition coefficient (Wildman–Crippen LogP) is 3.92. The van der Waals surface area contributed by atoms with Crippen molar-refractivity contribution in [3.8, 4) is 5.95 Å². The molecule has 2 aromatic rings. The highest BCUT2D eigenvalue weighted by Gasteiger charge is 2.22. The molecule has 24 heavy (non-hydrogen) atoms. The largest absolute Gasteiger partial charge is 0.462 e. The van der Waals surface area contributed by atoms with Crippen molar-refractivity contribution in [2.24, 2.45) is 0 Å². The molecule has 5 nitrogen and oxygen atoms in total. The lowest BCUT2D eigenvalue weighted by molar-refractivity contribution is 0.0368. The fourth-order valence-corrected chi connectivity index (χ4v) is 2.16. The SMILES string of the molecule is CC(C)OC(=O)c1cc(CNCc2ccccc2)oc1OC(C)C. The van der Waals surface area contributed by atoms with Crippen LogP contribution in [-0.4, -0.2) is 18.2 Å². The molecule has 0 amide bonds. The lowest BCUT2D eigenvalue weighted by Gasteiger charge is -2.10. The first-order valence-corrected chi connectivity index (χ1v) is 8.20. The molecule has 0 fully saturated rings. The molecule has 0 spiro atoms. The number of carbonyl (C=O) groups is 1. The first kappa shape index (κ1) is 18.1. The molecular formula is C19H25NO4. The standard InChI is InChI=1S/C19H25NO4/c1-13(2)22-18(21)17-10-16(24-19(17)23-14(3)4)12-20-11-15-8-6-5-7-9-15/h5-10,13-14,20H,11-12H2,1-4H3. The van der Waals surface area contributed by atoms with Crippen molar-refractivity contribution < 1.29 is 18.7 Å². The Labute approximate surface area is 143 Å². The normalized spacial score (nSPS) is 11.1. The number of carbonyl (C=O) groups excluding carboxylic acids is 1. The van der Waals surface area contributed by atoms with Crippen molar-refractivity contribution in [3.05, 3.63) is 53.3 Å². The summed E-state index contributed by atoms with van der Waals surface area (Å²) in [5.41, 5.74) is 1.51. The molecule has 1 N–H and O–H groups in total. The van der Waals surface area contributed by atoms with Gasteiger partial charge in [-0.2, -0.15) is 0 Å². The predicted molar refractivity (Wildman–Crippen MR) is 92.0 cm³/mol. The summed E-state index contributed by atoms with van der Waals surface area (Å²) >= 11 is 0. The summed E-state index contributed by atoms with van der Waals surface area (Å²) < 4.78 is 16.5. The number of rotatable bonds is 8. The van der Waals surface area contributed by atoms with Gasteiger partial charge in [-0.15, -0.1) is 0 Å². The maximum absolute atomic E-state index is 12.2. The molecule has 1 aromatic carbocycles. The number of furan rings is 1. The van der Waals surface area contributed by atoms with Crippen molar-refractivity contribution in [2.75, 3.05) is 0 Å². The fraction of sp³-hybridized carbons (Fsp3) is 0.421. The second-order valence-electron chi connectivity index (χ2n) is 6.12. The molecule has 0 atom stereocenters. The Morgan fingerprint density at radius 3 is 2.42 bits per heavy atom. The molecule has 1 heterocycles. The minimum atomic E-state index is -0.432. The number of ether oxygens (including phenoxy) is 2. The first-order valence-electron chi connectivity index (χ1n) is 8.20. The average Bonchev–Trinajstić information content (AvgIpc) is 2.90. The molecule has 1 aromatic heterocycles. The van der Waals surface area contributed by atoms with Crippen molar-refractivity contribution in [1.29, 1.82) is 0 Å². The number of nitrogens with one attached hydrogen (secondary N) is 1. The summed E-state index contributed by atoms with van der Waals surface area (Å²) in [6.45, 7) is 8.60. The Morgan fingerprint density at radius 2 is 1.79 bits per heavy atom. The summed E-state index contributed by atoms with van der Waals surface area (Å²) in [7, 11) is 0. The second kappa shape index (κ2) is 8.55. The quantitative estimate of drug-likeness (QED) is 0.743. The van der Waals surface area contributed by atoms with Gasteiger partial charge in [-0.25, -0.2) is 4.79 Å². The molecule has 130 valence electrons. The second-order valence-corrected chi connectivity index (χ2v) is 6.12. The molecule has 0 radical (unpaired) electrons. The van der Waals surface area contributed by atoms with Crippen LogP contribution in [0.3, 0.4) is 0 Å². The van der Waals surface area contributed by atoms with E-state index in [9.17, 15) is 4.79 Å². The molecule has 5 heteroatoms. The smallest absolute Gasteiger partial charge is 0.345 e. The Kier molecular flexibility index (Phi) is 6.44. The van der Waals surface area contributed by atoms with Gasteiger partial charge < -0.3 is 19.2 Å². The van der Waals surface area contributed by atoms with Crippen LogP contribution in [0.4, 0.5) is 0 Å².